The van der Waals surface area contributed by atoms with Crippen molar-refractivity contribution in [2.24, 2.45) is 0 Å². The molecular formula is C9H16N4OS. The summed E-state index contributed by atoms with van der Waals surface area (Å²) in [5.74, 6) is 0.824. The number of nitrogen functional groups attached to an aromatic ring is 1. The van der Waals surface area contributed by atoms with E-state index in [4.69, 9.17) is 10.5 Å². The van der Waals surface area contributed by atoms with Gasteiger partial charge in [-0.1, -0.05) is 18.7 Å². The van der Waals surface area contributed by atoms with E-state index in [2.05, 4.69) is 15.0 Å². The molecule has 1 atom stereocenters. The van der Waals surface area contributed by atoms with Gasteiger partial charge in [-0.25, -0.2) is 4.98 Å². The summed E-state index contributed by atoms with van der Waals surface area (Å²) in [5, 5.41) is 0.620. The van der Waals surface area contributed by atoms with Crippen LogP contribution >= 0.6 is 11.8 Å². The normalized spacial score (nSPS) is 14.9. The smallest absolute Gasteiger partial charge is 0.224 e. The summed E-state index contributed by atoms with van der Waals surface area (Å²) < 4.78 is 5.41. The van der Waals surface area contributed by atoms with Crippen molar-refractivity contribution >= 4 is 17.7 Å². The Kier molecular flexibility index (Phi) is 3.87. The number of thioether (sulfide) groups is 1. The number of nitrogens with two attached hydrogens (primary N) is 1. The molecule has 0 bridgehead atoms. The lowest BCUT2D eigenvalue weighted by molar-refractivity contribution is -0.00960. The van der Waals surface area contributed by atoms with Gasteiger partial charge in [0.25, 0.3) is 0 Å². The van der Waals surface area contributed by atoms with Crippen LogP contribution < -0.4 is 5.73 Å². The standard InChI is InChI=1S/C9H16N4OS/c1-5-9(2,14-3)6-11-7(10)13-8(12-6)15-4/h5H2,1-4H3,(H2,10,11,12,13). The third kappa shape index (κ3) is 2.57. The lowest BCUT2D eigenvalue weighted by atomic mass is 10.0. The van der Waals surface area contributed by atoms with Gasteiger partial charge >= 0.3 is 0 Å². The summed E-state index contributed by atoms with van der Waals surface area (Å²) in [4.78, 5) is 12.4. The number of nitrogens with zero attached hydrogens (tertiary/aromatic N) is 3. The van der Waals surface area contributed by atoms with Crippen LogP contribution in [0.4, 0.5) is 5.95 Å². The molecule has 0 radical (unpaired) electrons. The first-order valence-electron chi connectivity index (χ1n) is 4.67. The van der Waals surface area contributed by atoms with Gasteiger partial charge < -0.3 is 10.5 Å². The Bertz CT molecular complexity index is 341. The molecular weight excluding hydrogens is 212 g/mol. The first kappa shape index (κ1) is 12.2. The summed E-state index contributed by atoms with van der Waals surface area (Å²) in [6, 6.07) is 0. The predicted octanol–water partition coefficient (Wildman–Crippen LogP) is 1.45. The molecule has 0 saturated carbocycles. The fourth-order valence-electron chi connectivity index (χ4n) is 1.09. The molecule has 0 saturated heterocycles. The van der Waals surface area contributed by atoms with E-state index in [1.165, 1.54) is 11.8 Å². The minimum Gasteiger partial charge on any atom is -0.371 e. The summed E-state index contributed by atoms with van der Waals surface area (Å²) >= 11 is 1.44. The Labute approximate surface area is 93.9 Å². The molecule has 5 nitrogen and oxygen atoms in total. The van der Waals surface area contributed by atoms with Crippen LogP contribution in [-0.2, 0) is 10.3 Å². The van der Waals surface area contributed by atoms with Gasteiger partial charge in [0.15, 0.2) is 11.0 Å². The first-order valence-corrected chi connectivity index (χ1v) is 5.89. The molecule has 0 aliphatic carbocycles. The maximum Gasteiger partial charge on any atom is 0.224 e. The summed E-state index contributed by atoms with van der Waals surface area (Å²) in [7, 11) is 1.64. The molecule has 0 spiro atoms. The molecule has 0 amide bonds. The van der Waals surface area contributed by atoms with Crippen LogP contribution in [-0.4, -0.2) is 28.3 Å². The second-order valence-electron chi connectivity index (χ2n) is 3.29. The van der Waals surface area contributed by atoms with Crippen LogP contribution in [0, 0.1) is 0 Å². The average Bonchev–Trinajstić information content (AvgIpc) is 2.27. The van der Waals surface area contributed by atoms with Gasteiger partial charge in [-0.05, 0) is 19.6 Å². The molecule has 15 heavy (non-hydrogen) atoms. The molecule has 1 rings (SSSR count). The molecule has 1 aromatic rings. The Morgan fingerprint density at radius 1 is 1.40 bits per heavy atom. The SMILES string of the molecule is CCC(C)(OC)c1nc(N)nc(SC)n1. The van der Waals surface area contributed by atoms with Gasteiger partial charge in [-0.15, -0.1) is 0 Å². The molecule has 1 aromatic heterocycles. The van der Waals surface area contributed by atoms with E-state index in [9.17, 15) is 0 Å². The van der Waals surface area contributed by atoms with Crippen molar-refractivity contribution in [1.82, 2.24) is 15.0 Å². The summed E-state index contributed by atoms with van der Waals surface area (Å²) in [6.07, 6.45) is 2.68. The van der Waals surface area contributed by atoms with Gasteiger partial charge in [-0.2, -0.15) is 9.97 Å². The molecule has 0 aromatic carbocycles. The third-order valence-corrected chi connectivity index (χ3v) is 2.96. The number of hydrogen-bond acceptors (Lipinski definition) is 6. The molecule has 1 unspecified atom stereocenters. The first-order chi connectivity index (χ1) is 7.05. The highest BCUT2D eigenvalue weighted by atomic mass is 32.2. The molecule has 84 valence electrons. The van der Waals surface area contributed by atoms with Gasteiger partial charge in [0.2, 0.25) is 5.95 Å². The molecule has 2 N–H and O–H groups in total. The van der Waals surface area contributed by atoms with E-state index in [1.54, 1.807) is 7.11 Å². The molecule has 0 aliphatic heterocycles. The second-order valence-corrected chi connectivity index (χ2v) is 4.07. The average molecular weight is 228 g/mol. The Balaban J connectivity index is 3.18. The maximum absolute atomic E-state index is 5.61. The van der Waals surface area contributed by atoms with E-state index < -0.39 is 5.60 Å². The van der Waals surface area contributed by atoms with Crippen molar-refractivity contribution in [3.8, 4) is 0 Å². The minimum absolute atomic E-state index is 0.237. The zero-order valence-corrected chi connectivity index (χ0v) is 10.3. The van der Waals surface area contributed by atoms with Crippen molar-refractivity contribution in [1.29, 1.82) is 0 Å². The van der Waals surface area contributed by atoms with Gasteiger partial charge in [0, 0.05) is 7.11 Å². The Morgan fingerprint density at radius 2 is 2.07 bits per heavy atom. The second kappa shape index (κ2) is 4.76. The van der Waals surface area contributed by atoms with Crippen LogP contribution in [0.2, 0.25) is 0 Å². The molecule has 0 fully saturated rings. The highest BCUT2D eigenvalue weighted by Crippen LogP contribution is 2.26. The van der Waals surface area contributed by atoms with Gasteiger partial charge in [-0.3, -0.25) is 0 Å². The number of ether oxygens (including phenoxy) is 1. The number of anilines is 1. The summed E-state index contributed by atoms with van der Waals surface area (Å²) in [5.41, 5.74) is 5.11. The zero-order chi connectivity index (χ0) is 11.5. The van der Waals surface area contributed by atoms with E-state index >= 15 is 0 Å². The number of hydrogen-bond donors (Lipinski definition) is 1. The van der Waals surface area contributed by atoms with Crippen LogP contribution in [0.1, 0.15) is 26.1 Å². The summed E-state index contributed by atoms with van der Waals surface area (Å²) in [6.45, 7) is 3.95. The Morgan fingerprint density at radius 3 is 2.53 bits per heavy atom. The van der Waals surface area contributed by atoms with E-state index in [0.717, 1.165) is 6.42 Å². The number of methoxy groups -OCH3 is 1. The lowest BCUT2D eigenvalue weighted by Crippen LogP contribution is -2.27. The zero-order valence-electron chi connectivity index (χ0n) is 9.44. The highest BCUT2D eigenvalue weighted by molar-refractivity contribution is 7.98. The van der Waals surface area contributed by atoms with Crippen molar-refractivity contribution in [3.05, 3.63) is 5.82 Å². The van der Waals surface area contributed by atoms with Crippen LogP contribution in [0.3, 0.4) is 0 Å². The monoisotopic (exact) mass is 228 g/mol. The predicted molar refractivity (Wildman–Crippen MR) is 60.7 cm³/mol. The fraction of sp³-hybridized carbons (Fsp3) is 0.667. The Hall–Kier alpha value is -0.880. The minimum atomic E-state index is -0.498. The van der Waals surface area contributed by atoms with Crippen LogP contribution in [0.15, 0.2) is 5.16 Å². The molecule has 0 aliphatic rings. The van der Waals surface area contributed by atoms with E-state index in [-0.39, 0.29) is 5.95 Å². The van der Waals surface area contributed by atoms with Gasteiger partial charge in [0.05, 0.1) is 0 Å². The fourth-order valence-corrected chi connectivity index (χ4v) is 1.46. The lowest BCUT2D eigenvalue weighted by Gasteiger charge is -2.24. The van der Waals surface area contributed by atoms with Crippen molar-refractivity contribution in [3.63, 3.8) is 0 Å². The maximum atomic E-state index is 5.61. The van der Waals surface area contributed by atoms with E-state index in [0.29, 0.717) is 11.0 Å². The third-order valence-electron chi connectivity index (χ3n) is 2.41. The topological polar surface area (TPSA) is 73.9 Å². The van der Waals surface area contributed by atoms with Crippen LogP contribution in [0.25, 0.3) is 0 Å². The van der Waals surface area contributed by atoms with Crippen molar-refractivity contribution < 1.29 is 4.74 Å². The number of aromatic nitrogens is 3. The van der Waals surface area contributed by atoms with E-state index in [1.807, 2.05) is 20.1 Å². The molecule has 6 heteroatoms. The quantitative estimate of drug-likeness (QED) is 0.786. The van der Waals surface area contributed by atoms with Crippen molar-refractivity contribution in [2.75, 3.05) is 19.1 Å². The number of rotatable bonds is 4. The largest absolute Gasteiger partial charge is 0.371 e. The van der Waals surface area contributed by atoms with Gasteiger partial charge in [0.1, 0.15) is 5.60 Å². The molecule has 1 heterocycles. The van der Waals surface area contributed by atoms with Crippen molar-refractivity contribution in [2.45, 2.75) is 31.0 Å². The highest BCUT2D eigenvalue weighted by Gasteiger charge is 2.28. The van der Waals surface area contributed by atoms with Crippen LogP contribution in [0.5, 0.6) is 0 Å².